The van der Waals surface area contributed by atoms with Crippen LogP contribution in [0.15, 0.2) is 12.1 Å². The third-order valence-electron chi connectivity index (χ3n) is 3.74. The quantitative estimate of drug-likeness (QED) is 0.783. The topological polar surface area (TPSA) is 64.7 Å². The Labute approximate surface area is 100 Å². The van der Waals surface area contributed by atoms with Gasteiger partial charge in [-0.1, -0.05) is 19.3 Å². The molecule has 1 aliphatic carbocycles. The van der Waals surface area contributed by atoms with Crippen LogP contribution in [-0.2, 0) is 5.54 Å². The molecule has 0 aromatic heterocycles. The number of hydrogen-bond acceptors (Lipinski definition) is 4. The van der Waals surface area contributed by atoms with Gasteiger partial charge in [0, 0.05) is 17.2 Å². The summed E-state index contributed by atoms with van der Waals surface area (Å²) in [7, 11) is 0. The van der Waals surface area contributed by atoms with Crippen LogP contribution in [0.25, 0.3) is 0 Å². The standard InChI is InChI=1S/C13H17NO3/c14-13(4-2-1-3-5-13)10-6-9(15)7-11-12(10)17-8-16-11/h6-7,15H,1-5,8,14H2. The fourth-order valence-corrected chi connectivity index (χ4v) is 2.82. The molecule has 3 rings (SSSR count). The molecule has 4 heteroatoms. The molecule has 0 bridgehead atoms. The van der Waals surface area contributed by atoms with Gasteiger partial charge in [0.05, 0.1) is 0 Å². The first-order valence-electron chi connectivity index (χ1n) is 6.11. The molecule has 0 saturated heterocycles. The molecule has 4 nitrogen and oxygen atoms in total. The second-order valence-corrected chi connectivity index (χ2v) is 4.94. The number of ether oxygens (including phenoxy) is 2. The lowest BCUT2D eigenvalue weighted by atomic mass is 9.77. The van der Waals surface area contributed by atoms with E-state index in [1.807, 2.05) is 0 Å². The minimum absolute atomic E-state index is 0.194. The first kappa shape index (κ1) is 10.7. The summed E-state index contributed by atoms with van der Waals surface area (Å²) in [5.74, 6) is 1.52. The number of nitrogens with two attached hydrogens (primary N) is 1. The Bertz CT molecular complexity index is 439. The van der Waals surface area contributed by atoms with E-state index in [2.05, 4.69) is 0 Å². The molecule has 1 aliphatic heterocycles. The number of hydrogen-bond donors (Lipinski definition) is 2. The smallest absolute Gasteiger partial charge is 0.231 e. The summed E-state index contributed by atoms with van der Waals surface area (Å²) in [6.45, 7) is 0.210. The van der Waals surface area contributed by atoms with Crippen molar-refractivity contribution in [2.24, 2.45) is 5.73 Å². The number of benzene rings is 1. The number of phenols is 1. The fraction of sp³-hybridized carbons (Fsp3) is 0.538. The molecule has 1 aromatic rings. The molecular weight excluding hydrogens is 218 g/mol. The van der Waals surface area contributed by atoms with E-state index in [0.29, 0.717) is 11.5 Å². The maximum atomic E-state index is 9.73. The summed E-state index contributed by atoms with van der Waals surface area (Å²) >= 11 is 0. The van der Waals surface area contributed by atoms with Gasteiger partial charge in [0.15, 0.2) is 11.5 Å². The Morgan fingerprint density at radius 1 is 1.12 bits per heavy atom. The van der Waals surface area contributed by atoms with Crippen molar-refractivity contribution in [1.29, 1.82) is 0 Å². The van der Waals surface area contributed by atoms with Crippen molar-refractivity contribution in [3.63, 3.8) is 0 Å². The van der Waals surface area contributed by atoms with Crippen LogP contribution in [-0.4, -0.2) is 11.9 Å². The van der Waals surface area contributed by atoms with Crippen LogP contribution in [0.5, 0.6) is 17.2 Å². The highest BCUT2D eigenvalue weighted by molar-refractivity contribution is 5.55. The van der Waals surface area contributed by atoms with Crippen LogP contribution in [0, 0.1) is 0 Å². The molecule has 0 unspecified atom stereocenters. The van der Waals surface area contributed by atoms with Gasteiger partial charge in [0.2, 0.25) is 6.79 Å². The van der Waals surface area contributed by atoms with E-state index in [4.69, 9.17) is 15.2 Å². The SMILES string of the molecule is NC1(c2cc(O)cc3c2OCO3)CCCCC1. The second-order valence-electron chi connectivity index (χ2n) is 4.94. The summed E-state index contributed by atoms with van der Waals surface area (Å²) in [5, 5.41) is 9.73. The highest BCUT2D eigenvalue weighted by Crippen LogP contribution is 2.47. The zero-order chi connectivity index (χ0) is 11.9. The highest BCUT2D eigenvalue weighted by atomic mass is 16.7. The van der Waals surface area contributed by atoms with Gasteiger partial charge < -0.3 is 20.3 Å². The number of rotatable bonds is 1. The minimum Gasteiger partial charge on any atom is -0.508 e. The lowest BCUT2D eigenvalue weighted by molar-refractivity contribution is 0.170. The predicted octanol–water partition coefficient (Wildman–Crippen LogP) is 2.24. The Morgan fingerprint density at radius 3 is 2.65 bits per heavy atom. The summed E-state index contributed by atoms with van der Waals surface area (Å²) < 4.78 is 10.8. The average Bonchev–Trinajstić information content (AvgIpc) is 2.76. The Hall–Kier alpha value is -1.42. The van der Waals surface area contributed by atoms with Crippen molar-refractivity contribution in [3.05, 3.63) is 17.7 Å². The van der Waals surface area contributed by atoms with Gasteiger partial charge in [-0.3, -0.25) is 0 Å². The van der Waals surface area contributed by atoms with Gasteiger partial charge in [-0.25, -0.2) is 0 Å². The van der Waals surface area contributed by atoms with Crippen LogP contribution < -0.4 is 15.2 Å². The van der Waals surface area contributed by atoms with Gasteiger partial charge in [0.25, 0.3) is 0 Å². The molecule has 2 aliphatic rings. The minimum atomic E-state index is -0.380. The molecule has 0 amide bonds. The van der Waals surface area contributed by atoms with Gasteiger partial charge in [-0.15, -0.1) is 0 Å². The van der Waals surface area contributed by atoms with Gasteiger partial charge >= 0.3 is 0 Å². The zero-order valence-electron chi connectivity index (χ0n) is 9.74. The first-order valence-corrected chi connectivity index (χ1v) is 6.11. The van der Waals surface area contributed by atoms with Crippen LogP contribution in [0.3, 0.4) is 0 Å². The van der Waals surface area contributed by atoms with E-state index in [-0.39, 0.29) is 18.1 Å². The summed E-state index contributed by atoms with van der Waals surface area (Å²) in [6, 6.07) is 3.30. The molecule has 92 valence electrons. The molecule has 0 radical (unpaired) electrons. The lowest BCUT2D eigenvalue weighted by Gasteiger charge is -2.34. The lowest BCUT2D eigenvalue weighted by Crippen LogP contribution is -2.38. The van der Waals surface area contributed by atoms with Crippen molar-refractivity contribution in [2.45, 2.75) is 37.6 Å². The molecule has 0 spiro atoms. The van der Waals surface area contributed by atoms with E-state index in [1.54, 1.807) is 12.1 Å². The van der Waals surface area contributed by atoms with E-state index in [1.165, 1.54) is 6.42 Å². The molecular formula is C13H17NO3. The third kappa shape index (κ3) is 1.72. The van der Waals surface area contributed by atoms with Crippen molar-refractivity contribution in [3.8, 4) is 17.2 Å². The molecule has 17 heavy (non-hydrogen) atoms. The fourth-order valence-electron chi connectivity index (χ4n) is 2.82. The molecule has 1 fully saturated rings. The largest absolute Gasteiger partial charge is 0.508 e. The summed E-state index contributed by atoms with van der Waals surface area (Å²) in [4.78, 5) is 0. The molecule has 1 aromatic carbocycles. The van der Waals surface area contributed by atoms with Crippen LogP contribution in [0.1, 0.15) is 37.7 Å². The molecule has 1 saturated carbocycles. The normalized spacial score (nSPS) is 21.5. The second kappa shape index (κ2) is 3.81. The van der Waals surface area contributed by atoms with Crippen molar-refractivity contribution in [1.82, 2.24) is 0 Å². The maximum absolute atomic E-state index is 9.73. The van der Waals surface area contributed by atoms with Crippen molar-refractivity contribution < 1.29 is 14.6 Å². The van der Waals surface area contributed by atoms with Gasteiger partial charge in [-0.2, -0.15) is 0 Å². The summed E-state index contributed by atoms with van der Waals surface area (Å²) in [5.41, 5.74) is 6.99. The van der Waals surface area contributed by atoms with Crippen LogP contribution in [0.4, 0.5) is 0 Å². The zero-order valence-corrected chi connectivity index (χ0v) is 9.74. The van der Waals surface area contributed by atoms with E-state index < -0.39 is 0 Å². The molecule has 0 atom stereocenters. The Morgan fingerprint density at radius 2 is 1.88 bits per heavy atom. The van der Waals surface area contributed by atoms with E-state index in [9.17, 15) is 5.11 Å². The summed E-state index contributed by atoms with van der Waals surface area (Å²) in [6.07, 6.45) is 5.36. The van der Waals surface area contributed by atoms with E-state index >= 15 is 0 Å². The Kier molecular flexibility index (Phi) is 2.40. The van der Waals surface area contributed by atoms with Crippen molar-refractivity contribution in [2.75, 3.05) is 6.79 Å². The third-order valence-corrected chi connectivity index (χ3v) is 3.74. The monoisotopic (exact) mass is 235 g/mol. The van der Waals surface area contributed by atoms with E-state index in [0.717, 1.165) is 31.2 Å². The average molecular weight is 235 g/mol. The van der Waals surface area contributed by atoms with Crippen LogP contribution in [0.2, 0.25) is 0 Å². The molecule has 3 N–H and O–H groups in total. The number of aromatic hydroxyl groups is 1. The maximum Gasteiger partial charge on any atom is 0.231 e. The van der Waals surface area contributed by atoms with Gasteiger partial charge in [-0.05, 0) is 18.9 Å². The van der Waals surface area contributed by atoms with Crippen molar-refractivity contribution >= 4 is 0 Å². The Balaban J connectivity index is 2.07. The molecule has 1 heterocycles. The van der Waals surface area contributed by atoms with Gasteiger partial charge in [0.1, 0.15) is 5.75 Å². The number of phenolic OH excluding ortho intramolecular Hbond substituents is 1. The predicted molar refractivity (Wildman–Crippen MR) is 63.2 cm³/mol. The highest BCUT2D eigenvalue weighted by Gasteiger charge is 2.35. The first-order chi connectivity index (χ1) is 8.19. The van der Waals surface area contributed by atoms with Crippen LogP contribution >= 0.6 is 0 Å². The number of fused-ring (bicyclic) bond motifs is 1.